The third kappa shape index (κ3) is 6.00. The molecule has 0 saturated carbocycles. The average molecular weight is 566 g/mol. The van der Waals surface area contributed by atoms with Gasteiger partial charge in [0.15, 0.2) is 11.5 Å². The Morgan fingerprint density at radius 2 is 1.71 bits per heavy atom. The molecule has 0 aliphatic carbocycles. The number of rotatable bonds is 9. The fourth-order valence-corrected chi connectivity index (χ4v) is 4.83. The Labute approximate surface area is 242 Å². The molecule has 0 radical (unpaired) electrons. The minimum absolute atomic E-state index is 0.288. The highest BCUT2D eigenvalue weighted by Crippen LogP contribution is 2.37. The van der Waals surface area contributed by atoms with Gasteiger partial charge in [-0.2, -0.15) is 5.10 Å². The molecule has 0 spiro atoms. The monoisotopic (exact) mass is 565 g/mol. The number of carbonyl (C=O) groups excluding carboxylic acids is 2. The summed E-state index contributed by atoms with van der Waals surface area (Å²) in [7, 11) is 0. The van der Waals surface area contributed by atoms with Gasteiger partial charge in [0, 0.05) is 27.1 Å². The molecule has 5 rings (SSSR count). The molecule has 0 bridgehead atoms. The van der Waals surface area contributed by atoms with Crippen molar-refractivity contribution >= 4 is 40.6 Å². The van der Waals surface area contributed by atoms with Crippen LogP contribution in [0.3, 0.4) is 0 Å². The van der Waals surface area contributed by atoms with Gasteiger partial charge >= 0.3 is 5.97 Å². The first-order valence-corrected chi connectivity index (χ1v) is 13.6. The van der Waals surface area contributed by atoms with Crippen LogP contribution in [0.1, 0.15) is 45.8 Å². The number of nitrogens with zero attached hydrogens (tertiary/aromatic N) is 1. The minimum Gasteiger partial charge on any atom is -0.490 e. The van der Waals surface area contributed by atoms with Gasteiger partial charge in [-0.25, -0.2) is 10.2 Å². The molecular formula is C33H28ClN3O4. The first kappa shape index (κ1) is 27.7. The van der Waals surface area contributed by atoms with E-state index in [0.717, 1.165) is 34.0 Å². The van der Waals surface area contributed by atoms with Gasteiger partial charge in [-0.15, -0.1) is 0 Å². The Bertz CT molecular complexity index is 1740. The molecular weight excluding hydrogens is 538 g/mol. The fourth-order valence-electron chi connectivity index (χ4n) is 4.60. The van der Waals surface area contributed by atoms with E-state index < -0.39 is 11.9 Å². The number of hydrogen-bond donors (Lipinski definition) is 2. The second kappa shape index (κ2) is 12.5. The second-order valence-corrected chi connectivity index (χ2v) is 9.55. The average Bonchev–Trinajstić information content (AvgIpc) is 3.39. The number of aromatic nitrogens is 1. The van der Waals surface area contributed by atoms with E-state index in [9.17, 15) is 9.59 Å². The van der Waals surface area contributed by atoms with Crippen molar-refractivity contribution in [3.05, 3.63) is 118 Å². The van der Waals surface area contributed by atoms with Crippen LogP contribution in [0.2, 0.25) is 5.02 Å². The standard InChI is InChI=1S/C33H28ClN3O4/c1-3-22-13-10-15-25-29(24-14-8-9-16-26(24)34)31(36-30(22)25)32(38)37-35-20-21-17-18-27(28(19-21)40-4-2)41-33(39)23-11-6-5-7-12-23/h5-20,36H,3-4H2,1-2H3,(H,37,38). The van der Waals surface area contributed by atoms with Gasteiger partial charge in [0.05, 0.1) is 18.4 Å². The summed E-state index contributed by atoms with van der Waals surface area (Å²) in [5.41, 5.74) is 7.52. The number of amides is 1. The van der Waals surface area contributed by atoms with Crippen LogP contribution in [-0.2, 0) is 6.42 Å². The lowest BCUT2D eigenvalue weighted by Gasteiger charge is -2.11. The van der Waals surface area contributed by atoms with Crippen molar-refractivity contribution in [2.75, 3.05) is 6.61 Å². The number of para-hydroxylation sites is 1. The number of esters is 1. The summed E-state index contributed by atoms with van der Waals surface area (Å²) in [5, 5.41) is 5.64. The van der Waals surface area contributed by atoms with E-state index in [-0.39, 0.29) is 5.75 Å². The lowest BCUT2D eigenvalue weighted by Crippen LogP contribution is -2.19. The molecule has 8 heteroatoms. The zero-order chi connectivity index (χ0) is 28.8. The Morgan fingerprint density at radius 3 is 2.46 bits per heavy atom. The van der Waals surface area contributed by atoms with Crippen molar-refractivity contribution in [2.24, 2.45) is 5.10 Å². The summed E-state index contributed by atoms with van der Waals surface area (Å²) in [5.74, 6) is -0.223. The van der Waals surface area contributed by atoms with E-state index in [1.165, 1.54) is 6.21 Å². The Hall–Kier alpha value is -4.88. The van der Waals surface area contributed by atoms with Crippen molar-refractivity contribution in [1.82, 2.24) is 10.4 Å². The highest BCUT2D eigenvalue weighted by atomic mass is 35.5. The Balaban J connectivity index is 1.40. The number of fused-ring (bicyclic) bond motifs is 1. The maximum atomic E-state index is 13.4. The number of halogens is 1. The minimum atomic E-state index is -0.487. The van der Waals surface area contributed by atoms with Crippen LogP contribution in [0, 0.1) is 0 Å². The van der Waals surface area contributed by atoms with Gasteiger partial charge in [0.25, 0.3) is 5.91 Å². The molecule has 0 atom stereocenters. The predicted molar refractivity (Wildman–Crippen MR) is 162 cm³/mol. The van der Waals surface area contributed by atoms with Crippen molar-refractivity contribution in [1.29, 1.82) is 0 Å². The number of hydrazone groups is 1. The number of aryl methyl sites for hydroxylation is 1. The van der Waals surface area contributed by atoms with Crippen molar-refractivity contribution in [3.63, 3.8) is 0 Å². The number of H-pyrrole nitrogens is 1. The van der Waals surface area contributed by atoms with E-state index in [1.807, 2.05) is 49.4 Å². The molecule has 1 heterocycles. The van der Waals surface area contributed by atoms with Crippen LogP contribution >= 0.6 is 11.6 Å². The van der Waals surface area contributed by atoms with Crippen LogP contribution in [0.15, 0.2) is 96.1 Å². The van der Waals surface area contributed by atoms with Gasteiger partial charge in [0.2, 0.25) is 0 Å². The molecule has 0 saturated heterocycles. The quantitative estimate of drug-likeness (QED) is 0.0841. The number of benzene rings is 4. The van der Waals surface area contributed by atoms with Crippen LogP contribution in [0.5, 0.6) is 11.5 Å². The summed E-state index contributed by atoms with van der Waals surface area (Å²) in [6, 6.07) is 27.2. The van der Waals surface area contributed by atoms with Crippen LogP contribution < -0.4 is 14.9 Å². The van der Waals surface area contributed by atoms with Gasteiger partial charge in [-0.1, -0.05) is 73.1 Å². The molecule has 7 nitrogen and oxygen atoms in total. The molecule has 0 aliphatic rings. The zero-order valence-corrected chi connectivity index (χ0v) is 23.4. The third-order valence-electron chi connectivity index (χ3n) is 6.53. The normalized spacial score (nSPS) is 11.1. The molecule has 41 heavy (non-hydrogen) atoms. The molecule has 2 N–H and O–H groups in total. The first-order chi connectivity index (χ1) is 20.0. The van der Waals surface area contributed by atoms with E-state index >= 15 is 0 Å². The number of carbonyl (C=O) groups is 2. The van der Waals surface area contributed by atoms with Crippen molar-refractivity contribution in [2.45, 2.75) is 20.3 Å². The number of hydrogen-bond acceptors (Lipinski definition) is 5. The van der Waals surface area contributed by atoms with E-state index in [0.29, 0.717) is 34.2 Å². The molecule has 0 unspecified atom stereocenters. The van der Waals surface area contributed by atoms with Crippen molar-refractivity contribution in [3.8, 4) is 22.6 Å². The smallest absolute Gasteiger partial charge is 0.343 e. The van der Waals surface area contributed by atoms with Gasteiger partial charge in [0.1, 0.15) is 5.69 Å². The lowest BCUT2D eigenvalue weighted by molar-refractivity contribution is 0.0728. The SMILES string of the molecule is CCOc1cc(C=NNC(=O)c2[nH]c3c(CC)cccc3c2-c2ccccc2Cl)ccc1OC(=O)c1ccccc1. The number of aromatic amines is 1. The molecule has 1 amide bonds. The summed E-state index contributed by atoms with van der Waals surface area (Å²) in [4.78, 5) is 29.2. The maximum Gasteiger partial charge on any atom is 0.343 e. The van der Waals surface area contributed by atoms with Gasteiger partial charge in [-0.05, 0) is 60.9 Å². The molecule has 206 valence electrons. The predicted octanol–water partition coefficient (Wildman–Crippen LogP) is 7.43. The molecule has 5 aromatic rings. The lowest BCUT2D eigenvalue weighted by atomic mass is 9.99. The van der Waals surface area contributed by atoms with Crippen LogP contribution in [-0.4, -0.2) is 29.7 Å². The molecule has 4 aromatic carbocycles. The molecule has 0 fully saturated rings. The van der Waals surface area contributed by atoms with Crippen molar-refractivity contribution < 1.29 is 19.1 Å². The van der Waals surface area contributed by atoms with E-state index in [1.54, 1.807) is 48.5 Å². The molecule has 1 aromatic heterocycles. The first-order valence-electron chi connectivity index (χ1n) is 13.3. The summed E-state index contributed by atoms with van der Waals surface area (Å²) in [6.07, 6.45) is 2.30. The zero-order valence-electron chi connectivity index (χ0n) is 22.6. The molecule has 0 aliphatic heterocycles. The highest BCUT2D eigenvalue weighted by molar-refractivity contribution is 6.34. The summed E-state index contributed by atoms with van der Waals surface area (Å²) < 4.78 is 11.3. The topological polar surface area (TPSA) is 92.8 Å². The van der Waals surface area contributed by atoms with Gasteiger partial charge in [-0.3, -0.25) is 4.79 Å². The van der Waals surface area contributed by atoms with E-state index in [2.05, 4.69) is 22.4 Å². The maximum absolute atomic E-state index is 13.4. The van der Waals surface area contributed by atoms with E-state index in [4.69, 9.17) is 21.1 Å². The fraction of sp³-hybridized carbons (Fsp3) is 0.121. The number of nitrogens with one attached hydrogen (secondary N) is 2. The number of ether oxygens (including phenoxy) is 2. The largest absolute Gasteiger partial charge is 0.490 e. The summed E-state index contributed by atoms with van der Waals surface area (Å²) in [6.45, 7) is 4.28. The van der Waals surface area contributed by atoms with Crippen LogP contribution in [0.25, 0.3) is 22.0 Å². The second-order valence-electron chi connectivity index (χ2n) is 9.14. The van der Waals surface area contributed by atoms with Gasteiger partial charge < -0.3 is 14.5 Å². The highest BCUT2D eigenvalue weighted by Gasteiger charge is 2.22. The van der Waals surface area contributed by atoms with Crippen LogP contribution in [0.4, 0.5) is 0 Å². The Kier molecular flexibility index (Phi) is 8.46. The Morgan fingerprint density at radius 1 is 0.927 bits per heavy atom. The third-order valence-corrected chi connectivity index (χ3v) is 6.86. The summed E-state index contributed by atoms with van der Waals surface area (Å²) >= 11 is 6.55.